The average Bonchev–Trinajstić information content (AvgIpc) is 2.90. The molecule has 2 unspecified atom stereocenters. The molecule has 86 valence electrons. The summed E-state index contributed by atoms with van der Waals surface area (Å²) in [6, 6.07) is 3.51. The molecule has 1 aliphatic heterocycles. The van der Waals surface area contributed by atoms with Crippen molar-refractivity contribution in [3.63, 3.8) is 0 Å². The maximum atomic E-state index is 13.5. The van der Waals surface area contributed by atoms with Crippen molar-refractivity contribution < 1.29 is 23.0 Å². The summed E-state index contributed by atoms with van der Waals surface area (Å²) in [4.78, 5) is 11.2. The summed E-state index contributed by atoms with van der Waals surface area (Å²) in [5.41, 5.74) is -1.49. The molecule has 2 rings (SSSR count). The number of methoxy groups -OCH3 is 1. The van der Waals surface area contributed by atoms with Crippen LogP contribution >= 0.6 is 0 Å². The number of ether oxygens (including phenoxy) is 2. The summed E-state index contributed by atoms with van der Waals surface area (Å²) < 4.78 is 36.4. The zero-order valence-electron chi connectivity index (χ0n) is 8.79. The van der Waals surface area contributed by atoms with Crippen LogP contribution in [0.15, 0.2) is 18.2 Å². The van der Waals surface area contributed by atoms with Gasteiger partial charge in [0.05, 0.1) is 12.7 Å². The van der Waals surface area contributed by atoms with Crippen LogP contribution in [0.3, 0.4) is 0 Å². The van der Waals surface area contributed by atoms with Crippen LogP contribution in [0.25, 0.3) is 0 Å². The van der Waals surface area contributed by atoms with E-state index >= 15 is 0 Å². The normalized spacial score (nSPS) is 27.6. The summed E-state index contributed by atoms with van der Waals surface area (Å²) in [5, 5.41) is 0. The van der Waals surface area contributed by atoms with Gasteiger partial charge in [-0.1, -0.05) is 6.07 Å². The first kappa shape index (κ1) is 11.0. The predicted octanol–water partition coefficient (Wildman–Crippen LogP) is 1.75. The van der Waals surface area contributed by atoms with Gasteiger partial charge in [0.1, 0.15) is 17.2 Å². The molecule has 0 N–H and O–H groups in total. The van der Waals surface area contributed by atoms with Crippen LogP contribution in [0, 0.1) is 11.6 Å². The second-order valence-electron chi connectivity index (χ2n) is 3.72. The van der Waals surface area contributed by atoms with E-state index in [0.717, 1.165) is 12.1 Å². The standard InChI is InChI=1S/C11H10F2O3/c1-11(9(16-11)10(14)15-2)8-6(12)4-3-5-7(8)13/h3-5,9H,1-2H3. The quantitative estimate of drug-likeness (QED) is 0.571. The van der Waals surface area contributed by atoms with Gasteiger partial charge in [0, 0.05) is 0 Å². The van der Waals surface area contributed by atoms with Crippen LogP contribution in [-0.2, 0) is 19.9 Å². The first-order valence-corrected chi connectivity index (χ1v) is 4.71. The predicted molar refractivity (Wildman–Crippen MR) is 50.6 cm³/mol. The fraction of sp³-hybridized carbons (Fsp3) is 0.364. The van der Waals surface area contributed by atoms with Gasteiger partial charge in [-0.3, -0.25) is 0 Å². The Labute approximate surface area is 91.0 Å². The molecule has 1 aliphatic rings. The highest BCUT2D eigenvalue weighted by Crippen LogP contribution is 2.48. The number of benzene rings is 1. The average molecular weight is 228 g/mol. The molecule has 1 aromatic rings. The highest BCUT2D eigenvalue weighted by molar-refractivity contribution is 5.79. The summed E-state index contributed by atoms with van der Waals surface area (Å²) >= 11 is 0. The topological polar surface area (TPSA) is 38.8 Å². The van der Waals surface area contributed by atoms with Crippen LogP contribution in [-0.4, -0.2) is 19.2 Å². The molecular formula is C11H10F2O3. The van der Waals surface area contributed by atoms with Gasteiger partial charge in [-0.05, 0) is 19.1 Å². The van der Waals surface area contributed by atoms with E-state index in [-0.39, 0.29) is 5.56 Å². The van der Waals surface area contributed by atoms with Crippen molar-refractivity contribution in [2.24, 2.45) is 0 Å². The SMILES string of the molecule is COC(=O)C1OC1(C)c1c(F)cccc1F. The Bertz CT molecular complexity index is 427. The van der Waals surface area contributed by atoms with Gasteiger partial charge >= 0.3 is 5.97 Å². The third-order valence-corrected chi connectivity index (χ3v) is 2.68. The van der Waals surface area contributed by atoms with E-state index in [2.05, 4.69) is 4.74 Å². The second kappa shape index (κ2) is 3.52. The maximum Gasteiger partial charge on any atom is 0.338 e. The maximum absolute atomic E-state index is 13.5. The number of carbonyl (C=O) groups is 1. The first-order chi connectivity index (χ1) is 7.50. The molecule has 0 amide bonds. The summed E-state index contributed by atoms with van der Waals surface area (Å²) in [6.07, 6.45) is -0.941. The van der Waals surface area contributed by atoms with Gasteiger partial charge in [-0.2, -0.15) is 0 Å². The van der Waals surface area contributed by atoms with Crippen LogP contribution in [0.4, 0.5) is 8.78 Å². The highest BCUT2D eigenvalue weighted by atomic mass is 19.1. The molecule has 3 nitrogen and oxygen atoms in total. The van der Waals surface area contributed by atoms with E-state index < -0.39 is 29.3 Å². The van der Waals surface area contributed by atoms with E-state index in [4.69, 9.17) is 4.74 Å². The van der Waals surface area contributed by atoms with E-state index in [1.54, 1.807) is 0 Å². The summed E-state index contributed by atoms with van der Waals surface area (Å²) in [5.74, 6) is -2.09. The molecule has 1 heterocycles. The minimum Gasteiger partial charge on any atom is -0.467 e. The van der Waals surface area contributed by atoms with Gasteiger partial charge in [0.15, 0.2) is 6.10 Å². The van der Waals surface area contributed by atoms with E-state index in [9.17, 15) is 13.6 Å². The molecule has 0 aliphatic carbocycles. The molecule has 0 saturated carbocycles. The summed E-state index contributed by atoms with van der Waals surface area (Å²) in [7, 11) is 1.20. The fourth-order valence-electron chi connectivity index (χ4n) is 1.75. The number of carbonyl (C=O) groups excluding carboxylic acids is 1. The van der Waals surface area contributed by atoms with Crippen molar-refractivity contribution in [2.45, 2.75) is 18.6 Å². The third-order valence-electron chi connectivity index (χ3n) is 2.68. The van der Waals surface area contributed by atoms with Gasteiger partial charge in [-0.25, -0.2) is 13.6 Å². The molecule has 0 aromatic heterocycles. The Morgan fingerprint density at radius 3 is 2.50 bits per heavy atom. The van der Waals surface area contributed by atoms with Gasteiger partial charge in [-0.15, -0.1) is 0 Å². The largest absolute Gasteiger partial charge is 0.467 e. The van der Waals surface area contributed by atoms with E-state index in [0.29, 0.717) is 0 Å². The zero-order chi connectivity index (χ0) is 11.9. The van der Waals surface area contributed by atoms with Gasteiger partial charge in [0.25, 0.3) is 0 Å². The Hall–Kier alpha value is -1.49. The molecule has 0 spiro atoms. The van der Waals surface area contributed by atoms with Gasteiger partial charge < -0.3 is 9.47 Å². The molecule has 0 radical (unpaired) electrons. The highest BCUT2D eigenvalue weighted by Gasteiger charge is 2.61. The lowest BCUT2D eigenvalue weighted by Crippen LogP contribution is -2.19. The molecule has 1 aromatic carbocycles. The van der Waals surface area contributed by atoms with Crippen molar-refractivity contribution in [2.75, 3.05) is 7.11 Å². The fourth-order valence-corrected chi connectivity index (χ4v) is 1.75. The van der Waals surface area contributed by atoms with Crippen molar-refractivity contribution in [3.05, 3.63) is 35.4 Å². The number of epoxide rings is 1. The molecule has 2 atom stereocenters. The van der Waals surface area contributed by atoms with Crippen LogP contribution in [0.2, 0.25) is 0 Å². The van der Waals surface area contributed by atoms with E-state index in [1.165, 1.54) is 20.1 Å². The Morgan fingerprint density at radius 1 is 1.44 bits per heavy atom. The number of halogens is 2. The van der Waals surface area contributed by atoms with E-state index in [1.807, 2.05) is 0 Å². The minimum atomic E-state index is -1.26. The lowest BCUT2D eigenvalue weighted by Gasteiger charge is -2.08. The second-order valence-corrected chi connectivity index (χ2v) is 3.72. The minimum absolute atomic E-state index is 0.231. The zero-order valence-corrected chi connectivity index (χ0v) is 8.79. The molecule has 1 fully saturated rings. The third kappa shape index (κ3) is 1.48. The lowest BCUT2D eigenvalue weighted by atomic mass is 9.96. The van der Waals surface area contributed by atoms with Crippen molar-refractivity contribution in [3.8, 4) is 0 Å². The molecule has 5 heteroatoms. The monoisotopic (exact) mass is 228 g/mol. The van der Waals surface area contributed by atoms with Crippen molar-refractivity contribution in [1.82, 2.24) is 0 Å². The smallest absolute Gasteiger partial charge is 0.338 e. The summed E-state index contributed by atoms with van der Waals surface area (Å²) in [6.45, 7) is 1.45. The van der Waals surface area contributed by atoms with Crippen molar-refractivity contribution >= 4 is 5.97 Å². The van der Waals surface area contributed by atoms with Gasteiger partial charge in [0.2, 0.25) is 0 Å². The molecule has 16 heavy (non-hydrogen) atoms. The lowest BCUT2D eigenvalue weighted by molar-refractivity contribution is -0.142. The Kier molecular flexibility index (Phi) is 2.42. The number of esters is 1. The molecule has 0 bridgehead atoms. The van der Waals surface area contributed by atoms with Crippen LogP contribution in [0.5, 0.6) is 0 Å². The van der Waals surface area contributed by atoms with Crippen LogP contribution < -0.4 is 0 Å². The Balaban J connectivity index is 2.37. The molecule has 1 saturated heterocycles. The Morgan fingerprint density at radius 2 is 2.00 bits per heavy atom. The number of rotatable bonds is 2. The number of hydrogen-bond donors (Lipinski definition) is 0. The van der Waals surface area contributed by atoms with Crippen LogP contribution in [0.1, 0.15) is 12.5 Å². The molecular weight excluding hydrogens is 218 g/mol. The van der Waals surface area contributed by atoms with Crippen molar-refractivity contribution in [1.29, 1.82) is 0 Å². The number of hydrogen-bond acceptors (Lipinski definition) is 3. The first-order valence-electron chi connectivity index (χ1n) is 4.71.